The van der Waals surface area contributed by atoms with E-state index in [0.717, 1.165) is 28.3 Å². The lowest BCUT2D eigenvalue weighted by atomic mass is 10.2. The molecule has 3 aromatic rings. The highest BCUT2D eigenvalue weighted by Crippen LogP contribution is 2.24. The van der Waals surface area contributed by atoms with Crippen molar-refractivity contribution in [3.63, 3.8) is 0 Å². The lowest BCUT2D eigenvalue weighted by molar-refractivity contribution is -0.133. The van der Waals surface area contributed by atoms with Gasteiger partial charge < -0.3 is 14.3 Å². The highest BCUT2D eigenvalue weighted by molar-refractivity contribution is 7.99. The van der Waals surface area contributed by atoms with Crippen LogP contribution < -0.4 is 4.74 Å². The summed E-state index contributed by atoms with van der Waals surface area (Å²) in [6.45, 7) is 2.36. The van der Waals surface area contributed by atoms with Crippen molar-refractivity contribution in [2.45, 2.75) is 19.1 Å². The van der Waals surface area contributed by atoms with E-state index in [1.165, 1.54) is 11.8 Å². The van der Waals surface area contributed by atoms with Crippen LogP contribution in [-0.4, -0.2) is 28.4 Å². The van der Waals surface area contributed by atoms with E-state index >= 15 is 0 Å². The maximum atomic E-state index is 10.6. The molecule has 0 amide bonds. The average Bonchev–Trinajstić information content (AvgIpc) is 3.03. The second-order valence-electron chi connectivity index (χ2n) is 6.16. The molecule has 7 heteroatoms. The van der Waals surface area contributed by atoms with Gasteiger partial charge in [0.25, 0.3) is 0 Å². The first kappa shape index (κ1) is 20.3. The minimum absolute atomic E-state index is 0.0898. The lowest BCUT2D eigenvalue weighted by Gasteiger charge is -2.07. The summed E-state index contributed by atoms with van der Waals surface area (Å²) in [4.78, 5) is 15.2. The zero-order valence-electron chi connectivity index (χ0n) is 15.4. The molecule has 0 unspecified atom stereocenters. The van der Waals surface area contributed by atoms with Crippen LogP contribution in [0, 0.1) is 6.92 Å². The number of ether oxygens (including phenoxy) is 1. The highest BCUT2D eigenvalue weighted by Gasteiger charge is 2.11. The fourth-order valence-electron chi connectivity index (χ4n) is 2.62. The number of rotatable bonds is 9. The Morgan fingerprint density at radius 3 is 2.79 bits per heavy atom. The number of hydrogen-bond acceptors (Lipinski definition) is 5. The molecule has 0 saturated heterocycles. The molecule has 0 atom stereocenters. The SMILES string of the molecule is Cc1oc(-c2ccc(Cl)cc2)nc1CCOc1cccc(CSCC(=O)O)c1. The van der Waals surface area contributed by atoms with Gasteiger partial charge in [-0.25, -0.2) is 4.98 Å². The standard InChI is InChI=1S/C21H20ClNO4S/c1-14-19(23-21(27-14)16-5-7-17(22)8-6-16)9-10-26-18-4-2-3-15(11-18)12-28-13-20(24)25/h2-8,11H,9-10,12-13H2,1H3,(H,24,25). The molecule has 0 aliphatic rings. The summed E-state index contributed by atoms with van der Waals surface area (Å²) in [7, 11) is 0. The molecule has 0 aliphatic heterocycles. The Morgan fingerprint density at radius 2 is 2.04 bits per heavy atom. The fourth-order valence-corrected chi connectivity index (χ4v) is 3.44. The molecular weight excluding hydrogens is 398 g/mol. The van der Waals surface area contributed by atoms with E-state index in [0.29, 0.717) is 29.7 Å². The predicted molar refractivity (Wildman–Crippen MR) is 111 cm³/mol. The van der Waals surface area contributed by atoms with Crippen molar-refractivity contribution in [2.75, 3.05) is 12.4 Å². The minimum atomic E-state index is -0.807. The second-order valence-corrected chi connectivity index (χ2v) is 7.58. The van der Waals surface area contributed by atoms with E-state index in [-0.39, 0.29) is 5.75 Å². The van der Waals surface area contributed by atoms with Gasteiger partial charge in [0.05, 0.1) is 18.1 Å². The number of oxazole rings is 1. The summed E-state index contributed by atoms with van der Waals surface area (Å²) in [5, 5.41) is 9.39. The molecule has 0 aliphatic carbocycles. The summed E-state index contributed by atoms with van der Waals surface area (Å²) < 4.78 is 11.6. The lowest BCUT2D eigenvalue weighted by Crippen LogP contribution is -2.03. The minimum Gasteiger partial charge on any atom is -0.493 e. The topological polar surface area (TPSA) is 72.6 Å². The van der Waals surface area contributed by atoms with Gasteiger partial charge in [0.2, 0.25) is 5.89 Å². The number of aliphatic carboxylic acids is 1. The van der Waals surface area contributed by atoms with Crippen LogP contribution in [0.3, 0.4) is 0 Å². The van der Waals surface area contributed by atoms with E-state index in [4.69, 9.17) is 25.9 Å². The molecular formula is C21H20ClNO4S. The normalized spacial score (nSPS) is 10.8. The third kappa shape index (κ3) is 5.78. The molecule has 3 rings (SSSR count). The molecule has 5 nitrogen and oxygen atoms in total. The van der Waals surface area contributed by atoms with Gasteiger partial charge in [-0.2, -0.15) is 0 Å². The number of hydrogen-bond donors (Lipinski definition) is 1. The van der Waals surface area contributed by atoms with Crippen molar-refractivity contribution in [1.29, 1.82) is 0 Å². The number of nitrogens with zero attached hydrogens (tertiary/aromatic N) is 1. The Bertz CT molecular complexity index is 940. The first-order valence-electron chi connectivity index (χ1n) is 8.75. The fraction of sp³-hybridized carbons (Fsp3) is 0.238. The molecule has 1 aromatic heterocycles. The molecule has 0 saturated carbocycles. The molecule has 0 radical (unpaired) electrons. The molecule has 28 heavy (non-hydrogen) atoms. The average molecular weight is 418 g/mol. The van der Waals surface area contributed by atoms with Gasteiger partial charge >= 0.3 is 5.97 Å². The Balaban J connectivity index is 1.55. The number of thioether (sulfide) groups is 1. The summed E-state index contributed by atoms with van der Waals surface area (Å²) >= 11 is 7.28. The van der Waals surface area contributed by atoms with Crippen LogP contribution >= 0.6 is 23.4 Å². The number of carboxylic acid groups (broad SMARTS) is 1. The summed E-state index contributed by atoms with van der Waals surface area (Å²) in [5.74, 6) is 2.02. The van der Waals surface area contributed by atoms with E-state index in [1.807, 2.05) is 43.3 Å². The molecule has 1 heterocycles. The summed E-state index contributed by atoms with van der Waals surface area (Å²) in [5.41, 5.74) is 2.77. The van der Waals surface area contributed by atoms with Gasteiger partial charge in [0.1, 0.15) is 11.5 Å². The number of halogens is 1. The van der Waals surface area contributed by atoms with Crippen molar-refractivity contribution in [2.24, 2.45) is 0 Å². The van der Waals surface area contributed by atoms with Crippen LogP contribution in [0.15, 0.2) is 52.9 Å². The largest absolute Gasteiger partial charge is 0.493 e. The molecule has 0 spiro atoms. The third-order valence-electron chi connectivity index (χ3n) is 3.98. The van der Waals surface area contributed by atoms with Gasteiger partial charge in [-0.3, -0.25) is 4.79 Å². The Kier molecular flexibility index (Phi) is 7.01. The first-order valence-corrected chi connectivity index (χ1v) is 10.3. The van der Waals surface area contributed by atoms with Crippen LogP contribution in [0.2, 0.25) is 5.02 Å². The van der Waals surface area contributed by atoms with Crippen molar-refractivity contribution in [3.8, 4) is 17.2 Å². The van der Waals surface area contributed by atoms with Crippen molar-refractivity contribution >= 4 is 29.3 Å². The van der Waals surface area contributed by atoms with Crippen molar-refractivity contribution in [3.05, 3.63) is 70.6 Å². The zero-order valence-corrected chi connectivity index (χ0v) is 16.9. The summed E-state index contributed by atoms with van der Waals surface area (Å²) in [6, 6.07) is 15.1. The smallest absolute Gasteiger partial charge is 0.313 e. The first-order chi connectivity index (χ1) is 13.5. The summed E-state index contributed by atoms with van der Waals surface area (Å²) in [6.07, 6.45) is 0.626. The van der Waals surface area contributed by atoms with E-state index in [1.54, 1.807) is 12.1 Å². The van der Waals surface area contributed by atoms with Crippen LogP contribution in [0.5, 0.6) is 5.75 Å². The van der Waals surface area contributed by atoms with Gasteiger partial charge in [0.15, 0.2) is 0 Å². The molecule has 2 aromatic carbocycles. The van der Waals surface area contributed by atoms with Gasteiger partial charge in [0, 0.05) is 22.8 Å². The van der Waals surface area contributed by atoms with E-state index in [2.05, 4.69) is 4.98 Å². The number of carboxylic acids is 1. The Morgan fingerprint density at radius 1 is 1.25 bits per heavy atom. The number of benzene rings is 2. The monoisotopic (exact) mass is 417 g/mol. The molecule has 0 fully saturated rings. The van der Waals surface area contributed by atoms with Crippen molar-refractivity contribution in [1.82, 2.24) is 4.98 Å². The van der Waals surface area contributed by atoms with Gasteiger partial charge in [-0.15, -0.1) is 11.8 Å². The third-order valence-corrected chi connectivity index (χ3v) is 5.22. The molecule has 1 N–H and O–H groups in total. The van der Waals surface area contributed by atoms with E-state index < -0.39 is 5.97 Å². The zero-order chi connectivity index (χ0) is 19.9. The van der Waals surface area contributed by atoms with Gasteiger partial charge in [-0.05, 0) is 48.9 Å². The maximum Gasteiger partial charge on any atom is 0.313 e. The van der Waals surface area contributed by atoms with E-state index in [9.17, 15) is 4.79 Å². The number of aromatic nitrogens is 1. The van der Waals surface area contributed by atoms with Crippen LogP contribution in [-0.2, 0) is 17.0 Å². The second kappa shape index (κ2) is 9.66. The molecule has 0 bridgehead atoms. The van der Waals surface area contributed by atoms with Crippen LogP contribution in [0.1, 0.15) is 17.0 Å². The van der Waals surface area contributed by atoms with Crippen molar-refractivity contribution < 1.29 is 19.1 Å². The number of aryl methyl sites for hydroxylation is 1. The predicted octanol–water partition coefficient (Wildman–Crippen LogP) is 5.24. The Labute approximate surface area is 172 Å². The Hall–Kier alpha value is -2.44. The number of carbonyl (C=O) groups is 1. The van der Waals surface area contributed by atoms with Gasteiger partial charge in [-0.1, -0.05) is 23.7 Å². The maximum absolute atomic E-state index is 10.6. The van der Waals surface area contributed by atoms with Crippen LogP contribution in [0.25, 0.3) is 11.5 Å². The highest BCUT2D eigenvalue weighted by atomic mass is 35.5. The molecule has 146 valence electrons. The quantitative estimate of drug-likeness (QED) is 0.513. The van der Waals surface area contributed by atoms with Crippen LogP contribution in [0.4, 0.5) is 0 Å².